The Balaban J connectivity index is 1.56. The van der Waals surface area contributed by atoms with Crippen molar-refractivity contribution in [2.45, 2.75) is 182 Å². The van der Waals surface area contributed by atoms with Gasteiger partial charge in [-0.2, -0.15) is 0 Å². The van der Waals surface area contributed by atoms with Crippen LogP contribution in [0.2, 0.25) is 0 Å². The van der Waals surface area contributed by atoms with Gasteiger partial charge in [0.1, 0.15) is 12.1 Å². The van der Waals surface area contributed by atoms with Crippen LogP contribution in [0.5, 0.6) is 0 Å². The average molecular weight is 1430 g/mol. The van der Waals surface area contributed by atoms with E-state index in [-0.39, 0.29) is 141 Å². The molecule has 12 amide bonds. The molecule has 1 saturated heterocycles. The Hall–Kier alpha value is -7.48. The van der Waals surface area contributed by atoms with Gasteiger partial charge in [-0.05, 0) is 61.8 Å². The van der Waals surface area contributed by atoms with Crippen LogP contribution in [0.1, 0.15) is 139 Å². The third-order valence-electron chi connectivity index (χ3n) is 18.4. The third-order valence-corrected chi connectivity index (χ3v) is 18.4. The number of amides is 12. The molecule has 0 bridgehead atoms. The van der Waals surface area contributed by atoms with Crippen molar-refractivity contribution in [3.05, 3.63) is 48.0 Å². The maximum atomic E-state index is 14.9. The Kier molecular flexibility index (Phi) is 40.1. The first-order valence-corrected chi connectivity index (χ1v) is 35.4. The molecule has 1 unspecified atom stereocenters. The number of likely N-dealkylation sites (N-methyl/N-ethyl adjacent to an activating group) is 2. The van der Waals surface area contributed by atoms with Crippen LogP contribution in [0.25, 0.3) is 0 Å². The van der Waals surface area contributed by atoms with Gasteiger partial charge in [-0.15, -0.1) is 0 Å². The number of aliphatic hydroxyl groups excluding tert-OH is 1. The molecular formula is C71H117N11O19. The number of primary amides is 1. The predicted molar refractivity (Wildman–Crippen MR) is 374 cm³/mol. The molecule has 0 radical (unpaired) electrons. The number of nitrogens with one attached hydrogen (secondary N) is 6. The summed E-state index contributed by atoms with van der Waals surface area (Å²) < 4.78 is 34.1. The third kappa shape index (κ3) is 29.4. The Morgan fingerprint density at radius 1 is 0.653 bits per heavy atom. The number of methoxy groups -OCH3 is 2. The highest BCUT2D eigenvalue weighted by Crippen LogP contribution is 2.31. The molecule has 12 atom stereocenters. The van der Waals surface area contributed by atoms with Gasteiger partial charge in [0.15, 0.2) is 5.78 Å². The molecule has 0 aromatic heterocycles. The number of aliphatic hydroxyl groups is 1. The first kappa shape index (κ1) is 87.7. The number of imide groups is 1. The van der Waals surface area contributed by atoms with Crippen LogP contribution >= 0.6 is 0 Å². The minimum atomic E-state index is -1.13. The maximum absolute atomic E-state index is 14.9. The number of carbonyl (C=O) groups is 12. The second kappa shape index (κ2) is 46.2. The zero-order chi connectivity index (χ0) is 75.5. The number of ketones is 1. The topological polar surface area (TPSA) is 392 Å². The molecule has 2 heterocycles. The predicted octanol–water partition coefficient (Wildman–Crippen LogP) is 1.94. The minimum absolute atomic E-state index is 0.000427. The van der Waals surface area contributed by atoms with Crippen molar-refractivity contribution in [3.63, 3.8) is 0 Å². The van der Waals surface area contributed by atoms with E-state index in [1.165, 1.54) is 31.1 Å². The van der Waals surface area contributed by atoms with E-state index in [4.69, 9.17) is 34.2 Å². The van der Waals surface area contributed by atoms with Crippen molar-refractivity contribution in [2.24, 2.45) is 41.2 Å². The molecule has 30 heteroatoms. The van der Waals surface area contributed by atoms with Gasteiger partial charge >= 0.3 is 6.03 Å². The van der Waals surface area contributed by atoms with Crippen LogP contribution in [0.4, 0.5) is 4.79 Å². The van der Waals surface area contributed by atoms with Gasteiger partial charge in [0.25, 0.3) is 11.8 Å². The second-order valence-electron chi connectivity index (χ2n) is 26.9. The Bertz CT molecular complexity index is 2830. The molecule has 1 fully saturated rings. The molecule has 9 N–H and O–H groups in total. The standard InChI is InChI=1S/C71H117N11O19/c1-15-47(8)64(54(96-13)42-59(88)81-31-20-24-52(81)66(97-14)48(9)67(91)76-49(10)65(90)50-21-17-16-18-22-50)80(12)70(94)62(45(4)5)78-69(93)63(46(6)7)79(11)60(89)43-75-68(92)51(23-19-29-74-71(72)95)41-53(83)61(44(2)3)77-56(85)28-33-98-35-37-100-39-40-101-38-36-99-34-30-73-55(84)27-32-82-57(86)25-26-58(82)87/h16-18,21-22,25-26,44-49,51-52,54,61-66,90H,15,19-20,23-24,27-43H2,1-14H3,(H,73,84)(H,75,92)(H,76,91)(H,77,85)(H,78,93)(H3,72,74,95)/t47-,48+,49+,51?,52-,54+,61-,62-,63-,64-,65+,66+/m0/s1. The number of hydrogen-bond donors (Lipinski definition) is 8. The molecule has 0 spiro atoms. The molecule has 101 heavy (non-hydrogen) atoms. The zero-order valence-electron chi connectivity index (χ0n) is 61.9. The lowest BCUT2D eigenvalue weighted by Gasteiger charge is -2.41. The summed E-state index contributed by atoms with van der Waals surface area (Å²) in [5.74, 6) is -8.34. The molecule has 1 aromatic rings. The number of ether oxygens (including phenoxy) is 6. The lowest BCUT2D eigenvalue weighted by Crippen LogP contribution is -2.60. The fourth-order valence-corrected chi connectivity index (χ4v) is 12.4. The van der Waals surface area contributed by atoms with Crippen LogP contribution < -0.4 is 37.6 Å². The number of nitrogens with two attached hydrogens (primary N) is 1. The Morgan fingerprint density at radius 2 is 1.25 bits per heavy atom. The van der Waals surface area contributed by atoms with Crippen LogP contribution in [-0.4, -0.2) is 258 Å². The smallest absolute Gasteiger partial charge is 0.312 e. The minimum Gasteiger partial charge on any atom is -0.386 e. The summed E-state index contributed by atoms with van der Waals surface area (Å²) in [5, 5.41) is 27.4. The number of hydrogen-bond acceptors (Lipinski definition) is 19. The number of likely N-dealkylation sites (tertiary alicyclic amines) is 1. The van der Waals surface area contributed by atoms with E-state index in [0.29, 0.717) is 31.4 Å². The van der Waals surface area contributed by atoms with E-state index in [2.05, 4.69) is 31.9 Å². The molecule has 3 rings (SSSR count). The summed E-state index contributed by atoms with van der Waals surface area (Å²) in [5.41, 5.74) is 5.94. The van der Waals surface area contributed by atoms with E-state index in [9.17, 15) is 62.6 Å². The second-order valence-corrected chi connectivity index (χ2v) is 26.9. The summed E-state index contributed by atoms with van der Waals surface area (Å²) in [6.07, 6.45) is 1.52. The van der Waals surface area contributed by atoms with Crippen LogP contribution in [-0.2, 0) is 81.2 Å². The van der Waals surface area contributed by atoms with Crippen molar-refractivity contribution >= 4 is 70.9 Å². The summed E-state index contributed by atoms with van der Waals surface area (Å²) >= 11 is 0. The maximum Gasteiger partial charge on any atom is 0.312 e. The van der Waals surface area contributed by atoms with Gasteiger partial charge in [0.2, 0.25) is 47.3 Å². The SMILES string of the molecule is CC[C@H](C)[C@@H]([C@@H](CC(=O)N1CCC[C@H]1[C@H](OC)[C@@H](C)C(=O)N[C@H](C)[C@@H](O)c1ccccc1)OC)N(C)C(=O)[C@@H](NC(=O)[C@H](C(C)C)N(C)C(=O)CNC(=O)C(CCCNC(N)=O)CC(=O)[C@@H](NC(=O)CCOCCOCCOCCOCCNC(=O)CCN1C(=O)C=CC1=O)C(C)C)C(C)C. The molecule has 30 nitrogen and oxygen atoms in total. The summed E-state index contributed by atoms with van der Waals surface area (Å²) in [7, 11) is 6.02. The van der Waals surface area contributed by atoms with Gasteiger partial charge in [-0.1, -0.05) is 99.1 Å². The molecule has 570 valence electrons. The van der Waals surface area contributed by atoms with Crippen molar-refractivity contribution < 1.29 is 91.1 Å². The molecule has 0 saturated carbocycles. The van der Waals surface area contributed by atoms with Crippen molar-refractivity contribution in [2.75, 3.05) is 114 Å². The van der Waals surface area contributed by atoms with Gasteiger partial charge in [-0.3, -0.25) is 57.6 Å². The molecule has 0 aliphatic carbocycles. The summed E-state index contributed by atoms with van der Waals surface area (Å²) in [6, 6.07) is 3.30. The van der Waals surface area contributed by atoms with E-state index < -0.39 is 138 Å². The van der Waals surface area contributed by atoms with E-state index in [1.807, 2.05) is 32.0 Å². The molecule has 2 aliphatic heterocycles. The first-order chi connectivity index (χ1) is 47.9. The quantitative estimate of drug-likeness (QED) is 0.0341. The van der Waals surface area contributed by atoms with Crippen LogP contribution in [0, 0.1) is 35.5 Å². The van der Waals surface area contributed by atoms with Crippen LogP contribution in [0.3, 0.4) is 0 Å². The monoisotopic (exact) mass is 1430 g/mol. The van der Waals surface area contributed by atoms with Crippen molar-refractivity contribution in [3.8, 4) is 0 Å². The number of rotatable bonds is 50. The van der Waals surface area contributed by atoms with Gasteiger partial charge < -0.3 is 85.9 Å². The molecular weight excluding hydrogens is 1310 g/mol. The lowest BCUT2D eigenvalue weighted by molar-refractivity contribution is -0.148. The zero-order valence-corrected chi connectivity index (χ0v) is 61.9. The fraction of sp³-hybridized carbons (Fsp3) is 0.718. The van der Waals surface area contributed by atoms with Gasteiger partial charge in [0, 0.05) is 91.8 Å². The van der Waals surface area contributed by atoms with E-state index in [0.717, 1.165) is 17.1 Å². The fourth-order valence-electron chi connectivity index (χ4n) is 12.4. The number of nitrogens with zero attached hydrogens (tertiary/aromatic N) is 4. The van der Waals surface area contributed by atoms with Crippen LogP contribution in [0.15, 0.2) is 42.5 Å². The Morgan fingerprint density at radius 3 is 1.80 bits per heavy atom. The lowest BCUT2D eigenvalue weighted by atomic mass is 9.89. The summed E-state index contributed by atoms with van der Waals surface area (Å²) in [4.78, 5) is 165. The van der Waals surface area contributed by atoms with Gasteiger partial charge in [0.05, 0.1) is 114 Å². The number of urea groups is 1. The largest absolute Gasteiger partial charge is 0.386 e. The normalized spacial score (nSPS) is 17.1. The number of Topliss-reactive ketones (excluding diaryl/α,β-unsaturated/α-hetero) is 1. The first-order valence-electron chi connectivity index (χ1n) is 35.4. The van der Waals surface area contributed by atoms with Gasteiger partial charge in [-0.25, -0.2) is 4.79 Å². The van der Waals surface area contributed by atoms with Crippen molar-refractivity contribution in [1.29, 1.82) is 0 Å². The van der Waals surface area contributed by atoms with E-state index in [1.54, 1.807) is 79.5 Å². The highest BCUT2D eigenvalue weighted by atomic mass is 16.6. The Labute approximate surface area is 596 Å². The highest BCUT2D eigenvalue weighted by molar-refractivity contribution is 6.13. The highest BCUT2D eigenvalue weighted by Gasteiger charge is 2.44. The molecule has 2 aliphatic rings. The molecule has 1 aromatic carbocycles. The summed E-state index contributed by atoms with van der Waals surface area (Å²) in [6.45, 7) is 19.9. The van der Waals surface area contributed by atoms with Crippen molar-refractivity contribution in [1.82, 2.24) is 51.5 Å². The average Bonchev–Trinajstić information content (AvgIpc) is 1.69. The van der Waals surface area contributed by atoms with E-state index >= 15 is 0 Å². The number of carbonyl (C=O) groups excluding carboxylic acids is 12. The number of benzene rings is 1.